The number of nitrogens with zero attached hydrogens (tertiary/aromatic N) is 2. The maximum absolute atomic E-state index is 5.80. The zero-order chi connectivity index (χ0) is 17.2. The SMILES string of the molecule is COc1ccc(Cc2noc(C3NCC[C@@H]4OCC[C@H]34)n2)cc1OC. The van der Waals surface area contributed by atoms with Crippen molar-refractivity contribution >= 4 is 0 Å². The van der Waals surface area contributed by atoms with Crippen LogP contribution >= 0.6 is 0 Å². The molecule has 3 atom stereocenters. The van der Waals surface area contributed by atoms with Crippen molar-refractivity contribution in [3.05, 3.63) is 35.5 Å². The molecule has 1 N–H and O–H groups in total. The van der Waals surface area contributed by atoms with E-state index in [9.17, 15) is 0 Å². The number of benzene rings is 1. The fraction of sp³-hybridized carbons (Fsp3) is 0.556. The molecule has 25 heavy (non-hydrogen) atoms. The highest BCUT2D eigenvalue weighted by molar-refractivity contribution is 5.43. The summed E-state index contributed by atoms with van der Waals surface area (Å²) < 4.78 is 22.0. The van der Waals surface area contributed by atoms with Gasteiger partial charge in [-0.3, -0.25) is 0 Å². The summed E-state index contributed by atoms with van der Waals surface area (Å²) in [5.74, 6) is 3.16. The topological polar surface area (TPSA) is 78.6 Å². The van der Waals surface area contributed by atoms with Crippen LogP contribution in [-0.4, -0.2) is 43.6 Å². The summed E-state index contributed by atoms with van der Waals surface area (Å²) in [6.07, 6.45) is 2.98. The minimum atomic E-state index is 0.0907. The first-order valence-electron chi connectivity index (χ1n) is 8.67. The molecule has 0 radical (unpaired) electrons. The number of hydrogen-bond acceptors (Lipinski definition) is 7. The van der Waals surface area contributed by atoms with Crippen LogP contribution in [0.1, 0.15) is 36.2 Å². The van der Waals surface area contributed by atoms with Gasteiger partial charge in [0.2, 0.25) is 5.89 Å². The van der Waals surface area contributed by atoms with Gasteiger partial charge in [-0.2, -0.15) is 4.98 Å². The maximum atomic E-state index is 5.80. The van der Waals surface area contributed by atoms with Gasteiger partial charge in [0, 0.05) is 18.9 Å². The highest BCUT2D eigenvalue weighted by Crippen LogP contribution is 2.37. The van der Waals surface area contributed by atoms with Crippen molar-refractivity contribution in [1.82, 2.24) is 15.5 Å². The molecule has 1 aromatic carbocycles. The zero-order valence-electron chi connectivity index (χ0n) is 14.5. The van der Waals surface area contributed by atoms with Crippen LogP contribution < -0.4 is 14.8 Å². The van der Waals surface area contributed by atoms with Crippen LogP contribution in [0, 0.1) is 5.92 Å². The van der Waals surface area contributed by atoms with Crippen LogP contribution in [0.3, 0.4) is 0 Å². The molecule has 2 aromatic rings. The lowest BCUT2D eigenvalue weighted by Gasteiger charge is -2.31. The molecule has 4 rings (SSSR count). The third-order valence-corrected chi connectivity index (χ3v) is 5.04. The van der Waals surface area contributed by atoms with E-state index in [2.05, 4.69) is 15.5 Å². The Morgan fingerprint density at radius 3 is 2.92 bits per heavy atom. The second-order valence-electron chi connectivity index (χ2n) is 6.50. The third-order valence-electron chi connectivity index (χ3n) is 5.04. The number of aromatic nitrogens is 2. The molecule has 0 bridgehead atoms. The monoisotopic (exact) mass is 345 g/mol. The average molecular weight is 345 g/mol. The Labute approximate surface area is 146 Å². The molecule has 2 aliphatic heterocycles. The summed E-state index contributed by atoms with van der Waals surface area (Å²) in [6, 6.07) is 5.90. The Bertz CT molecular complexity index is 733. The summed E-state index contributed by atoms with van der Waals surface area (Å²) >= 11 is 0. The van der Waals surface area contributed by atoms with Gasteiger partial charge in [0.25, 0.3) is 0 Å². The largest absolute Gasteiger partial charge is 0.493 e. The van der Waals surface area contributed by atoms with Crippen molar-refractivity contribution < 1.29 is 18.7 Å². The molecule has 1 unspecified atom stereocenters. The maximum Gasteiger partial charge on any atom is 0.244 e. The van der Waals surface area contributed by atoms with Gasteiger partial charge >= 0.3 is 0 Å². The highest BCUT2D eigenvalue weighted by Gasteiger charge is 2.40. The second kappa shape index (κ2) is 7.01. The van der Waals surface area contributed by atoms with Crippen LogP contribution in [0.25, 0.3) is 0 Å². The normalized spacial score (nSPS) is 25.6. The van der Waals surface area contributed by atoms with Gasteiger partial charge in [-0.15, -0.1) is 0 Å². The summed E-state index contributed by atoms with van der Waals surface area (Å²) in [5, 5.41) is 7.66. The van der Waals surface area contributed by atoms with Crippen molar-refractivity contribution in [3.8, 4) is 11.5 Å². The number of ether oxygens (including phenoxy) is 3. The highest BCUT2D eigenvalue weighted by atomic mass is 16.5. The Morgan fingerprint density at radius 1 is 1.20 bits per heavy atom. The Balaban J connectivity index is 1.50. The quantitative estimate of drug-likeness (QED) is 0.889. The molecule has 134 valence electrons. The number of nitrogens with one attached hydrogen (secondary N) is 1. The van der Waals surface area contributed by atoms with Gasteiger partial charge in [-0.05, 0) is 37.1 Å². The van der Waals surface area contributed by atoms with Crippen LogP contribution in [0.2, 0.25) is 0 Å². The first-order chi connectivity index (χ1) is 12.3. The molecule has 1 aromatic heterocycles. The van der Waals surface area contributed by atoms with E-state index in [1.165, 1.54) is 0 Å². The van der Waals surface area contributed by atoms with Crippen molar-refractivity contribution in [1.29, 1.82) is 0 Å². The lowest BCUT2D eigenvalue weighted by atomic mass is 9.87. The molecule has 0 saturated carbocycles. The standard InChI is InChI=1S/C18H23N3O4/c1-22-14-4-3-11(9-15(14)23-2)10-16-20-18(25-21-16)17-12-6-8-24-13(12)5-7-19-17/h3-4,9,12-13,17,19H,5-8,10H2,1-2H3/t12-,13-,17?/m0/s1. The van der Waals surface area contributed by atoms with Crippen LogP contribution in [0.5, 0.6) is 11.5 Å². The summed E-state index contributed by atoms with van der Waals surface area (Å²) in [5.41, 5.74) is 1.05. The lowest BCUT2D eigenvalue weighted by molar-refractivity contribution is 0.0505. The van der Waals surface area contributed by atoms with E-state index in [1.807, 2.05) is 18.2 Å². The van der Waals surface area contributed by atoms with Crippen molar-refractivity contribution in [3.63, 3.8) is 0 Å². The van der Waals surface area contributed by atoms with Crippen LogP contribution in [0.4, 0.5) is 0 Å². The summed E-state index contributed by atoms with van der Waals surface area (Å²) in [6.45, 7) is 1.74. The molecule has 0 aliphatic carbocycles. The van der Waals surface area contributed by atoms with Crippen molar-refractivity contribution in [2.24, 2.45) is 5.92 Å². The van der Waals surface area contributed by atoms with Gasteiger partial charge in [0.1, 0.15) is 0 Å². The molecule has 3 heterocycles. The molecular weight excluding hydrogens is 322 g/mol. The predicted octanol–water partition coefficient (Wildman–Crippen LogP) is 2.12. The number of rotatable bonds is 5. The Hall–Kier alpha value is -2.12. The summed E-state index contributed by atoms with van der Waals surface area (Å²) in [7, 11) is 3.25. The Morgan fingerprint density at radius 2 is 2.08 bits per heavy atom. The number of methoxy groups -OCH3 is 2. The number of piperidine rings is 1. The van der Waals surface area contributed by atoms with Gasteiger partial charge in [-0.25, -0.2) is 0 Å². The van der Waals surface area contributed by atoms with Gasteiger partial charge in [0.05, 0.1) is 26.4 Å². The van der Waals surface area contributed by atoms with E-state index in [4.69, 9.17) is 18.7 Å². The summed E-state index contributed by atoms with van der Waals surface area (Å²) in [4.78, 5) is 4.62. The van der Waals surface area contributed by atoms with Crippen LogP contribution in [0.15, 0.2) is 22.7 Å². The lowest BCUT2D eigenvalue weighted by Crippen LogP contribution is -2.40. The van der Waals surface area contributed by atoms with E-state index >= 15 is 0 Å². The zero-order valence-corrected chi connectivity index (χ0v) is 14.5. The molecule has 2 aliphatic rings. The molecule has 2 fully saturated rings. The van der Waals surface area contributed by atoms with Gasteiger partial charge in [-0.1, -0.05) is 11.2 Å². The van der Waals surface area contributed by atoms with Crippen molar-refractivity contribution in [2.75, 3.05) is 27.4 Å². The average Bonchev–Trinajstić information content (AvgIpc) is 3.30. The first-order valence-corrected chi connectivity index (χ1v) is 8.67. The van der Waals surface area contributed by atoms with E-state index in [-0.39, 0.29) is 6.04 Å². The van der Waals surface area contributed by atoms with E-state index < -0.39 is 0 Å². The smallest absolute Gasteiger partial charge is 0.244 e. The molecule has 2 saturated heterocycles. The fourth-order valence-corrected chi connectivity index (χ4v) is 3.79. The molecule has 0 spiro atoms. The molecular formula is C18H23N3O4. The number of fused-ring (bicyclic) bond motifs is 1. The first kappa shape index (κ1) is 16.4. The molecule has 0 amide bonds. The Kier molecular flexibility index (Phi) is 4.59. The minimum absolute atomic E-state index is 0.0907. The molecule has 7 heteroatoms. The van der Waals surface area contributed by atoms with E-state index in [0.717, 1.165) is 31.6 Å². The third kappa shape index (κ3) is 3.21. The number of hydrogen-bond donors (Lipinski definition) is 1. The second-order valence-corrected chi connectivity index (χ2v) is 6.50. The van der Waals surface area contributed by atoms with E-state index in [0.29, 0.717) is 41.7 Å². The minimum Gasteiger partial charge on any atom is -0.493 e. The fourth-order valence-electron chi connectivity index (χ4n) is 3.79. The van der Waals surface area contributed by atoms with Gasteiger partial charge in [0.15, 0.2) is 17.3 Å². The predicted molar refractivity (Wildman–Crippen MR) is 89.9 cm³/mol. The van der Waals surface area contributed by atoms with E-state index in [1.54, 1.807) is 14.2 Å². The molecule has 7 nitrogen and oxygen atoms in total. The van der Waals surface area contributed by atoms with Crippen LogP contribution in [-0.2, 0) is 11.2 Å². The van der Waals surface area contributed by atoms with Crippen molar-refractivity contribution in [2.45, 2.75) is 31.4 Å². The van der Waals surface area contributed by atoms with Gasteiger partial charge < -0.3 is 24.1 Å².